The van der Waals surface area contributed by atoms with Crippen molar-refractivity contribution < 1.29 is 0 Å². The van der Waals surface area contributed by atoms with Crippen molar-refractivity contribution in [3.05, 3.63) is 40.7 Å². The highest BCUT2D eigenvalue weighted by atomic mass is 32.2. The highest BCUT2D eigenvalue weighted by Crippen LogP contribution is 2.34. The van der Waals surface area contributed by atoms with Crippen LogP contribution in [0.15, 0.2) is 28.1 Å². The van der Waals surface area contributed by atoms with Crippen LogP contribution in [0.25, 0.3) is 0 Å². The van der Waals surface area contributed by atoms with Gasteiger partial charge in [0.2, 0.25) is 0 Å². The molecule has 2 N–H and O–H groups in total. The number of anilines is 1. The van der Waals surface area contributed by atoms with Gasteiger partial charge in [0.25, 0.3) is 0 Å². The molecule has 1 aromatic carbocycles. The van der Waals surface area contributed by atoms with Crippen LogP contribution in [0.5, 0.6) is 0 Å². The van der Waals surface area contributed by atoms with Crippen molar-refractivity contribution in [2.45, 2.75) is 55.9 Å². The van der Waals surface area contributed by atoms with Gasteiger partial charge in [-0.2, -0.15) is 0 Å². The largest absolute Gasteiger partial charge is 0.383 e. The van der Waals surface area contributed by atoms with E-state index in [1.807, 2.05) is 6.92 Å². The fraction of sp³-hybridized carbons (Fsp3) is 0.412. The summed E-state index contributed by atoms with van der Waals surface area (Å²) in [5, 5.41) is 0.976. The Bertz CT molecular complexity index is 680. The van der Waals surface area contributed by atoms with Crippen LogP contribution in [-0.4, -0.2) is 9.97 Å². The van der Waals surface area contributed by atoms with E-state index in [1.54, 1.807) is 11.8 Å². The number of fused-ring (bicyclic) bond motifs is 1. The van der Waals surface area contributed by atoms with E-state index >= 15 is 0 Å². The number of aromatic nitrogens is 2. The molecule has 0 unspecified atom stereocenters. The molecule has 0 radical (unpaired) electrons. The molecule has 0 spiro atoms. The first-order chi connectivity index (χ1) is 10.0. The zero-order valence-corrected chi connectivity index (χ0v) is 13.6. The number of nitrogens with zero attached hydrogens (tertiary/aromatic N) is 2. The Kier molecular flexibility index (Phi) is 3.89. The van der Waals surface area contributed by atoms with Crippen LogP contribution in [-0.2, 0) is 12.8 Å². The van der Waals surface area contributed by atoms with E-state index in [-0.39, 0.29) is 5.92 Å². The predicted molar refractivity (Wildman–Crippen MR) is 87.9 cm³/mol. The standard InChI is InChI=1S/C17H21N3S/c1-10(2)16-19-15(18)11(3)17(20-16)21-14-8-7-12-5-4-6-13(12)9-14/h7-10H,4-6H2,1-3H3,(H2,18,19,20). The van der Waals surface area contributed by atoms with Crippen LogP contribution < -0.4 is 5.73 Å². The fourth-order valence-electron chi connectivity index (χ4n) is 2.61. The minimum Gasteiger partial charge on any atom is -0.383 e. The summed E-state index contributed by atoms with van der Waals surface area (Å²) in [6, 6.07) is 6.76. The minimum atomic E-state index is 0.285. The smallest absolute Gasteiger partial charge is 0.134 e. The minimum absolute atomic E-state index is 0.285. The maximum absolute atomic E-state index is 6.04. The lowest BCUT2D eigenvalue weighted by Crippen LogP contribution is -2.05. The molecule has 0 saturated carbocycles. The number of benzene rings is 1. The van der Waals surface area contributed by atoms with Gasteiger partial charge in [0.05, 0.1) is 0 Å². The van der Waals surface area contributed by atoms with E-state index in [1.165, 1.54) is 35.3 Å². The Labute approximate surface area is 130 Å². The van der Waals surface area contributed by atoms with Crippen molar-refractivity contribution >= 4 is 17.6 Å². The van der Waals surface area contributed by atoms with Crippen molar-refractivity contribution in [3.63, 3.8) is 0 Å². The molecule has 110 valence electrons. The van der Waals surface area contributed by atoms with Gasteiger partial charge >= 0.3 is 0 Å². The van der Waals surface area contributed by atoms with Crippen LogP contribution in [0.4, 0.5) is 5.82 Å². The Balaban J connectivity index is 1.94. The lowest BCUT2D eigenvalue weighted by Gasteiger charge is -2.12. The summed E-state index contributed by atoms with van der Waals surface area (Å²) >= 11 is 1.69. The molecule has 0 amide bonds. The van der Waals surface area contributed by atoms with Gasteiger partial charge in [0.1, 0.15) is 16.7 Å². The third kappa shape index (κ3) is 2.91. The number of aryl methyl sites for hydroxylation is 2. The predicted octanol–water partition coefficient (Wildman–Crippen LogP) is 4.13. The molecule has 0 fully saturated rings. The molecule has 4 heteroatoms. The molecular formula is C17H21N3S. The van der Waals surface area contributed by atoms with Crippen molar-refractivity contribution in [2.24, 2.45) is 0 Å². The van der Waals surface area contributed by atoms with Crippen molar-refractivity contribution in [1.29, 1.82) is 0 Å². The third-order valence-corrected chi connectivity index (χ3v) is 5.04. The molecule has 1 aromatic heterocycles. The molecular weight excluding hydrogens is 278 g/mol. The van der Waals surface area contributed by atoms with Crippen molar-refractivity contribution in [2.75, 3.05) is 5.73 Å². The molecule has 2 aromatic rings. The van der Waals surface area contributed by atoms with Crippen molar-refractivity contribution in [3.8, 4) is 0 Å². The fourth-order valence-corrected chi connectivity index (χ4v) is 3.57. The average molecular weight is 299 g/mol. The van der Waals surface area contributed by atoms with Gasteiger partial charge in [-0.25, -0.2) is 9.97 Å². The Morgan fingerprint density at radius 2 is 1.90 bits per heavy atom. The van der Waals surface area contributed by atoms with E-state index in [4.69, 9.17) is 10.7 Å². The lowest BCUT2D eigenvalue weighted by molar-refractivity contribution is 0.751. The zero-order valence-electron chi connectivity index (χ0n) is 12.8. The van der Waals surface area contributed by atoms with Gasteiger partial charge in [-0.1, -0.05) is 31.7 Å². The van der Waals surface area contributed by atoms with E-state index in [9.17, 15) is 0 Å². The van der Waals surface area contributed by atoms with E-state index < -0.39 is 0 Å². The van der Waals surface area contributed by atoms with Gasteiger partial charge in [0, 0.05) is 16.4 Å². The Morgan fingerprint density at radius 3 is 2.67 bits per heavy atom. The summed E-state index contributed by atoms with van der Waals surface area (Å²) in [4.78, 5) is 10.3. The highest BCUT2D eigenvalue weighted by molar-refractivity contribution is 7.99. The molecule has 3 rings (SSSR count). The van der Waals surface area contributed by atoms with Crippen LogP contribution in [0.2, 0.25) is 0 Å². The van der Waals surface area contributed by atoms with E-state index in [2.05, 4.69) is 37.0 Å². The zero-order chi connectivity index (χ0) is 15.0. The molecule has 0 bridgehead atoms. The van der Waals surface area contributed by atoms with Gasteiger partial charge in [0.15, 0.2) is 0 Å². The molecule has 1 heterocycles. The summed E-state index contributed by atoms with van der Waals surface area (Å²) in [6.45, 7) is 6.18. The van der Waals surface area contributed by atoms with Crippen LogP contribution in [0.3, 0.4) is 0 Å². The average Bonchev–Trinajstić information content (AvgIpc) is 2.91. The molecule has 21 heavy (non-hydrogen) atoms. The number of hydrogen-bond acceptors (Lipinski definition) is 4. The summed E-state index contributed by atoms with van der Waals surface area (Å²) in [5.74, 6) is 1.70. The Hall–Kier alpha value is -1.55. The second-order valence-corrected chi connectivity index (χ2v) is 7.00. The molecule has 3 nitrogen and oxygen atoms in total. The summed E-state index contributed by atoms with van der Waals surface area (Å²) in [6.07, 6.45) is 3.70. The Morgan fingerprint density at radius 1 is 1.14 bits per heavy atom. The van der Waals surface area contributed by atoms with E-state index in [0.717, 1.165) is 16.4 Å². The topological polar surface area (TPSA) is 51.8 Å². The van der Waals surface area contributed by atoms with Gasteiger partial charge < -0.3 is 5.73 Å². The van der Waals surface area contributed by atoms with Gasteiger partial charge in [-0.05, 0) is 49.4 Å². The summed E-state index contributed by atoms with van der Waals surface area (Å²) in [5.41, 5.74) is 10.0. The van der Waals surface area contributed by atoms with Crippen LogP contribution >= 0.6 is 11.8 Å². The molecule has 0 aliphatic heterocycles. The molecule has 1 aliphatic carbocycles. The summed E-state index contributed by atoms with van der Waals surface area (Å²) in [7, 11) is 0. The summed E-state index contributed by atoms with van der Waals surface area (Å²) < 4.78 is 0. The van der Waals surface area contributed by atoms with Crippen LogP contribution in [0, 0.1) is 6.92 Å². The van der Waals surface area contributed by atoms with Crippen molar-refractivity contribution in [1.82, 2.24) is 9.97 Å². The second kappa shape index (κ2) is 5.68. The lowest BCUT2D eigenvalue weighted by atomic mass is 10.1. The monoisotopic (exact) mass is 299 g/mol. The maximum atomic E-state index is 6.04. The molecule has 1 aliphatic rings. The number of rotatable bonds is 3. The molecule has 0 atom stereocenters. The van der Waals surface area contributed by atoms with Gasteiger partial charge in [-0.15, -0.1) is 0 Å². The first-order valence-corrected chi connectivity index (χ1v) is 8.30. The molecule has 0 saturated heterocycles. The van der Waals surface area contributed by atoms with Crippen LogP contribution in [0.1, 0.15) is 48.7 Å². The van der Waals surface area contributed by atoms with E-state index in [0.29, 0.717) is 5.82 Å². The van der Waals surface area contributed by atoms with Gasteiger partial charge in [-0.3, -0.25) is 0 Å². The highest BCUT2D eigenvalue weighted by Gasteiger charge is 2.15. The number of nitrogens with two attached hydrogens (primary N) is 1. The third-order valence-electron chi connectivity index (χ3n) is 3.96. The first kappa shape index (κ1) is 14.4. The SMILES string of the molecule is Cc1c(N)nc(C(C)C)nc1Sc1ccc2c(c1)CCC2. The maximum Gasteiger partial charge on any atom is 0.134 e. The number of nitrogen functional groups attached to an aromatic ring is 1. The second-order valence-electron chi connectivity index (χ2n) is 5.94. The first-order valence-electron chi connectivity index (χ1n) is 7.48. The quantitative estimate of drug-likeness (QED) is 0.866. The normalized spacial score (nSPS) is 13.7. The number of hydrogen-bond donors (Lipinski definition) is 1.